The van der Waals surface area contributed by atoms with E-state index in [0.29, 0.717) is 19.5 Å². The lowest BCUT2D eigenvalue weighted by atomic mass is 9.84. The van der Waals surface area contributed by atoms with Crippen LogP contribution in [0.3, 0.4) is 0 Å². The van der Waals surface area contributed by atoms with Crippen LogP contribution in [0.2, 0.25) is 0 Å². The van der Waals surface area contributed by atoms with Gasteiger partial charge in [-0.1, -0.05) is 0 Å². The Kier molecular flexibility index (Phi) is 3.49. The number of aliphatic carboxylic acids is 1. The van der Waals surface area contributed by atoms with Crippen molar-refractivity contribution in [2.75, 3.05) is 13.1 Å². The van der Waals surface area contributed by atoms with Gasteiger partial charge in [-0.3, -0.25) is 4.79 Å². The zero-order valence-corrected chi connectivity index (χ0v) is 11.9. The van der Waals surface area contributed by atoms with Gasteiger partial charge in [0, 0.05) is 13.1 Å². The minimum Gasteiger partial charge on any atom is -0.481 e. The van der Waals surface area contributed by atoms with Gasteiger partial charge in [0.15, 0.2) is 0 Å². The average Bonchev–Trinajstić information content (AvgIpc) is 2.85. The molecule has 1 heterocycles. The van der Waals surface area contributed by atoms with E-state index in [9.17, 15) is 9.59 Å². The summed E-state index contributed by atoms with van der Waals surface area (Å²) < 4.78 is 5.37. The first-order chi connectivity index (χ1) is 8.71. The Bertz CT molecular complexity index is 387. The van der Waals surface area contributed by atoms with Crippen molar-refractivity contribution in [1.82, 2.24) is 4.90 Å². The van der Waals surface area contributed by atoms with E-state index in [-0.39, 0.29) is 17.4 Å². The maximum absolute atomic E-state index is 12.0. The average molecular weight is 269 g/mol. The van der Waals surface area contributed by atoms with Crippen LogP contribution in [-0.2, 0) is 9.53 Å². The van der Waals surface area contributed by atoms with E-state index >= 15 is 0 Å². The number of ether oxygens (including phenoxy) is 1. The first-order valence-corrected chi connectivity index (χ1v) is 6.92. The van der Waals surface area contributed by atoms with Gasteiger partial charge in [-0.05, 0) is 51.9 Å². The Morgan fingerprint density at radius 1 is 1.32 bits per heavy atom. The lowest BCUT2D eigenvalue weighted by Gasteiger charge is -2.26. The molecule has 1 amide bonds. The van der Waals surface area contributed by atoms with Crippen molar-refractivity contribution < 1.29 is 19.4 Å². The molecular formula is C14H23NO4. The van der Waals surface area contributed by atoms with Crippen LogP contribution in [0.4, 0.5) is 4.79 Å². The zero-order chi connectivity index (χ0) is 14.3. The molecule has 0 aromatic carbocycles. The molecule has 0 bridgehead atoms. The summed E-state index contributed by atoms with van der Waals surface area (Å²) in [4.78, 5) is 24.8. The van der Waals surface area contributed by atoms with Gasteiger partial charge < -0.3 is 14.7 Å². The Morgan fingerprint density at radius 3 is 2.53 bits per heavy atom. The van der Waals surface area contributed by atoms with Gasteiger partial charge in [0.25, 0.3) is 0 Å². The number of carbonyl (C=O) groups excluding carboxylic acids is 1. The van der Waals surface area contributed by atoms with Crippen LogP contribution < -0.4 is 0 Å². The molecule has 5 nitrogen and oxygen atoms in total. The molecular weight excluding hydrogens is 246 g/mol. The van der Waals surface area contributed by atoms with Gasteiger partial charge >= 0.3 is 12.1 Å². The summed E-state index contributed by atoms with van der Waals surface area (Å²) in [7, 11) is 0. The van der Waals surface area contributed by atoms with E-state index < -0.39 is 11.6 Å². The molecule has 0 radical (unpaired) electrons. The summed E-state index contributed by atoms with van der Waals surface area (Å²) in [5.41, 5.74) is -0.466. The van der Waals surface area contributed by atoms with Gasteiger partial charge in [0.2, 0.25) is 0 Å². The smallest absolute Gasteiger partial charge is 0.410 e. The van der Waals surface area contributed by atoms with Crippen LogP contribution in [0.25, 0.3) is 0 Å². The van der Waals surface area contributed by atoms with E-state index in [0.717, 1.165) is 19.3 Å². The maximum atomic E-state index is 12.0. The van der Waals surface area contributed by atoms with E-state index in [4.69, 9.17) is 9.84 Å². The summed E-state index contributed by atoms with van der Waals surface area (Å²) in [6.45, 7) is 6.89. The van der Waals surface area contributed by atoms with Crippen LogP contribution in [0.1, 0.15) is 46.5 Å². The van der Waals surface area contributed by atoms with Gasteiger partial charge in [0.1, 0.15) is 5.60 Å². The Morgan fingerprint density at radius 2 is 2.00 bits per heavy atom. The van der Waals surface area contributed by atoms with Gasteiger partial charge in [-0.15, -0.1) is 0 Å². The van der Waals surface area contributed by atoms with Crippen LogP contribution in [0.15, 0.2) is 0 Å². The first kappa shape index (κ1) is 14.2. The topological polar surface area (TPSA) is 66.8 Å². The van der Waals surface area contributed by atoms with Gasteiger partial charge in [-0.2, -0.15) is 0 Å². The molecule has 2 aliphatic rings. The zero-order valence-electron chi connectivity index (χ0n) is 11.9. The number of hydrogen-bond acceptors (Lipinski definition) is 3. The van der Waals surface area contributed by atoms with Crippen molar-refractivity contribution in [2.45, 2.75) is 52.1 Å². The molecule has 1 aliphatic carbocycles. The summed E-state index contributed by atoms with van der Waals surface area (Å²) in [6, 6.07) is 0. The molecule has 0 aromatic rings. The Hall–Kier alpha value is -1.26. The third-order valence-electron chi connectivity index (χ3n) is 4.14. The number of nitrogens with zero attached hydrogens (tertiary/aromatic N) is 1. The van der Waals surface area contributed by atoms with Crippen molar-refractivity contribution in [2.24, 2.45) is 11.3 Å². The fourth-order valence-electron chi connectivity index (χ4n) is 3.21. The second-order valence-electron chi connectivity index (χ2n) is 6.93. The highest BCUT2D eigenvalue weighted by molar-refractivity contribution is 5.71. The molecule has 0 aromatic heterocycles. The van der Waals surface area contributed by atoms with E-state index in [1.54, 1.807) is 4.90 Å². The molecule has 1 spiro atoms. The van der Waals surface area contributed by atoms with Crippen LogP contribution in [-0.4, -0.2) is 40.8 Å². The minimum atomic E-state index is -0.701. The van der Waals surface area contributed by atoms with Gasteiger partial charge in [-0.25, -0.2) is 4.79 Å². The van der Waals surface area contributed by atoms with Crippen molar-refractivity contribution in [3.05, 3.63) is 0 Å². The third-order valence-corrected chi connectivity index (χ3v) is 4.14. The van der Waals surface area contributed by atoms with Crippen molar-refractivity contribution in [3.8, 4) is 0 Å². The number of carboxylic acid groups (broad SMARTS) is 1. The molecule has 5 heteroatoms. The molecule has 2 rings (SSSR count). The maximum Gasteiger partial charge on any atom is 0.410 e. The number of carboxylic acids is 1. The molecule has 1 N–H and O–H groups in total. The summed E-state index contributed by atoms with van der Waals surface area (Å²) in [6.07, 6.45) is 2.96. The molecule has 2 atom stereocenters. The highest BCUT2D eigenvalue weighted by Gasteiger charge is 2.47. The highest BCUT2D eigenvalue weighted by atomic mass is 16.6. The van der Waals surface area contributed by atoms with Crippen molar-refractivity contribution in [1.29, 1.82) is 0 Å². The summed E-state index contributed by atoms with van der Waals surface area (Å²) in [5, 5.41) is 9.08. The SMILES string of the molecule is CC(C)(C)OC(=O)N1CCC2(CCC(C(=O)O)C2)C1. The predicted molar refractivity (Wildman–Crippen MR) is 69.8 cm³/mol. The molecule has 1 saturated heterocycles. The normalized spacial score (nSPS) is 30.9. The fourth-order valence-corrected chi connectivity index (χ4v) is 3.21. The number of amides is 1. The van der Waals surface area contributed by atoms with Crippen molar-refractivity contribution >= 4 is 12.1 Å². The monoisotopic (exact) mass is 269 g/mol. The fraction of sp³-hybridized carbons (Fsp3) is 0.857. The van der Waals surface area contributed by atoms with E-state index in [1.807, 2.05) is 20.8 Å². The first-order valence-electron chi connectivity index (χ1n) is 6.92. The molecule has 2 unspecified atom stereocenters. The standard InChI is InChI=1S/C14H23NO4/c1-13(2,3)19-12(18)15-7-6-14(9-15)5-4-10(8-14)11(16)17/h10H,4-9H2,1-3H3,(H,16,17). The third kappa shape index (κ3) is 3.19. The molecule has 19 heavy (non-hydrogen) atoms. The van der Waals surface area contributed by atoms with Gasteiger partial charge in [0.05, 0.1) is 5.92 Å². The highest BCUT2D eigenvalue weighted by Crippen LogP contribution is 2.48. The van der Waals surface area contributed by atoms with E-state index in [2.05, 4.69) is 0 Å². The lowest BCUT2D eigenvalue weighted by molar-refractivity contribution is -0.141. The Balaban J connectivity index is 1.93. The molecule has 1 saturated carbocycles. The van der Waals surface area contributed by atoms with Crippen LogP contribution in [0, 0.1) is 11.3 Å². The quantitative estimate of drug-likeness (QED) is 0.794. The number of hydrogen-bond donors (Lipinski definition) is 1. The lowest BCUT2D eigenvalue weighted by Crippen LogP contribution is -2.36. The largest absolute Gasteiger partial charge is 0.481 e. The van der Waals surface area contributed by atoms with Crippen LogP contribution >= 0.6 is 0 Å². The second-order valence-corrected chi connectivity index (χ2v) is 6.93. The molecule has 2 fully saturated rings. The minimum absolute atomic E-state index is 0.0139. The number of likely N-dealkylation sites (tertiary alicyclic amines) is 1. The molecule has 1 aliphatic heterocycles. The van der Waals surface area contributed by atoms with Crippen LogP contribution in [0.5, 0.6) is 0 Å². The van der Waals surface area contributed by atoms with E-state index in [1.165, 1.54) is 0 Å². The Labute approximate surface area is 113 Å². The molecule has 108 valence electrons. The second kappa shape index (κ2) is 4.69. The predicted octanol–water partition coefficient (Wildman–Crippen LogP) is 2.50. The van der Waals surface area contributed by atoms with Crippen molar-refractivity contribution in [3.63, 3.8) is 0 Å². The summed E-state index contributed by atoms with van der Waals surface area (Å²) in [5.74, 6) is -0.939. The number of carbonyl (C=O) groups is 2. The number of rotatable bonds is 1. The summed E-state index contributed by atoms with van der Waals surface area (Å²) >= 11 is 0.